The molecule has 0 aliphatic carbocycles. The summed E-state index contributed by atoms with van der Waals surface area (Å²) in [5, 5.41) is 16.1. The van der Waals surface area contributed by atoms with Gasteiger partial charge in [0.05, 0.1) is 4.92 Å². The molecule has 2 aromatic carbocycles. The van der Waals surface area contributed by atoms with E-state index in [4.69, 9.17) is 0 Å². The Balaban J connectivity index is 2.04. The molecular formula is C18H19N3O4. The summed E-state index contributed by atoms with van der Waals surface area (Å²) in [6, 6.07) is 12.0. The fraction of sp³-hybridized carbons (Fsp3) is 0.222. The normalized spacial score (nSPS) is 11.4. The Bertz CT molecular complexity index is 804. The number of rotatable bonds is 6. The third-order valence-corrected chi connectivity index (χ3v) is 3.72. The van der Waals surface area contributed by atoms with Crippen molar-refractivity contribution >= 4 is 23.2 Å². The van der Waals surface area contributed by atoms with Gasteiger partial charge in [-0.1, -0.05) is 31.2 Å². The molecule has 0 aromatic heterocycles. The molecule has 2 rings (SSSR count). The molecule has 25 heavy (non-hydrogen) atoms. The number of benzene rings is 2. The summed E-state index contributed by atoms with van der Waals surface area (Å²) in [4.78, 5) is 34.7. The lowest BCUT2D eigenvalue weighted by Gasteiger charge is -2.16. The van der Waals surface area contributed by atoms with Crippen LogP contribution < -0.4 is 10.6 Å². The molecule has 0 aliphatic rings. The minimum Gasteiger partial charge on any atom is -0.341 e. The van der Waals surface area contributed by atoms with Crippen LogP contribution in [-0.2, 0) is 11.2 Å². The third kappa shape index (κ3) is 4.63. The first-order valence-corrected chi connectivity index (χ1v) is 7.86. The number of nitro groups is 1. The average molecular weight is 341 g/mol. The summed E-state index contributed by atoms with van der Waals surface area (Å²) in [6.07, 6.45) is 0.769. The van der Waals surface area contributed by atoms with E-state index in [1.807, 2.05) is 25.1 Å². The minimum absolute atomic E-state index is 0.128. The number of nitrogens with zero attached hydrogens (tertiary/aromatic N) is 1. The maximum Gasteiger partial charge on any atom is 0.270 e. The van der Waals surface area contributed by atoms with Crippen molar-refractivity contribution in [1.82, 2.24) is 5.32 Å². The summed E-state index contributed by atoms with van der Waals surface area (Å²) < 4.78 is 0. The van der Waals surface area contributed by atoms with Crippen LogP contribution >= 0.6 is 0 Å². The van der Waals surface area contributed by atoms with Crippen LogP contribution in [0, 0.1) is 10.1 Å². The van der Waals surface area contributed by atoms with Gasteiger partial charge in [0.2, 0.25) is 5.91 Å². The van der Waals surface area contributed by atoms with Gasteiger partial charge in [-0.05, 0) is 31.0 Å². The summed E-state index contributed by atoms with van der Waals surface area (Å²) in [5.41, 5.74) is 1.64. The van der Waals surface area contributed by atoms with Gasteiger partial charge in [-0.2, -0.15) is 0 Å². The first-order valence-electron chi connectivity index (χ1n) is 7.86. The molecule has 7 nitrogen and oxygen atoms in total. The van der Waals surface area contributed by atoms with E-state index >= 15 is 0 Å². The Morgan fingerprint density at radius 3 is 2.56 bits per heavy atom. The lowest BCUT2D eigenvalue weighted by molar-refractivity contribution is -0.384. The van der Waals surface area contributed by atoms with Gasteiger partial charge in [0.1, 0.15) is 6.04 Å². The number of amides is 2. The molecule has 130 valence electrons. The zero-order chi connectivity index (χ0) is 18.4. The van der Waals surface area contributed by atoms with Crippen molar-refractivity contribution in [1.29, 1.82) is 0 Å². The number of carbonyl (C=O) groups is 2. The van der Waals surface area contributed by atoms with E-state index in [1.165, 1.54) is 24.3 Å². The van der Waals surface area contributed by atoms with Gasteiger partial charge in [-0.15, -0.1) is 0 Å². The van der Waals surface area contributed by atoms with Crippen molar-refractivity contribution in [3.63, 3.8) is 0 Å². The van der Waals surface area contributed by atoms with Gasteiger partial charge in [0.15, 0.2) is 0 Å². The van der Waals surface area contributed by atoms with Crippen LogP contribution in [0.4, 0.5) is 11.4 Å². The van der Waals surface area contributed by atoms with Crippen LogP contribution in [0.5, 0.6) is 0 Å². The molecule has 0 heterocycles. The van der Waals surface area contributed by atoms with Crippen LogP contribution in [0.15, 0.2) is 48.5 Å². The lowest BCUT2D eigenvalue weighted by atomic mass is 10.1. The standard InChI is InChI=1S/C18H19N3O4/c1-3-13-7-4-5-10-16(13)20-17(22)12(2)19-18(23)14-8-6-9-15(11-14)21(24)25/h4-12H,3H2,1-2H3,(H,19,23)(H,20,22)/t12-/m0/s1. The van der Waals surface area contributed by atoms with Crippen LogP contribution in [0.2, 0.25) is 0 Å². The van der Waals surface area contributed by atoms with Gasteiger partial charge in [0, 0.05) is 23.4 Å². The maximum absolute atomic E-state index is 12.3. The highest BCUT2D eigenvalue weighted by Gasteiger charge is 2.18. The molecule has 2 N–H and O–H groups in total. The molecular weight excluding hydrogens is 322 g/mol. The van der Waals surface area contributed by atoms with E-state index in [0.717, 1.165) is 12.0 Å². The number of hydrogen-bond acceptors (Lipinski definition) is 4. The zero-order valence-electron chi connectivity index (χ0n) is 14.0. The molecule has 1 atom stereocenters. The summed E-state index contributed by atoms with van der Waals surface area (Å²) in [5.74, 6) is -0.908. The number of para-hydroxylation sites is 1. The highest BCUT2D eigenvalue weighted by molar-refractivity contribution is 6.01. The van der Waals surface area contributed by atoms with Crippen molar-refractivity contribution in [2.75, 3.05) is 5.32 Å². The van der Waals surface area contributed by atoms with Crippen molar-refractivity contribution in [3.05, 3.63) is 69.8 Å². The average Bonchev–Trinajstić information content (AvgIpc) is 2.62. The van der Waals surface area contributed by atoms with E-state index in [1.54, 1.807) is 13.0 Å². The highest BCUT2D eigenvalue weighted by atomic mass is 16.6. The SMILES string of the molecule is CCc1ccccc1NC(=O)[C@H](C)NC(=O)c1cccc([N+](=O)[O-])c1. The quantitative estimate of drug-likeness (QED) is 0.623. The number of nitro benzene ring substituents is 1. The summed E-state index contributed by atoms with van der Waals surface area (Å²) >= 11 is 0. The summed E-state index contributed by atoms with van der Waals surface area (Å²) in [6.45, 7) is 3.54. The Morgan fingerprint density at radius 1 is 1.16 bits per heavy atom. The zero-order valence-corrected chi connectivity index (χ0v) is 14.0. The number of carbonyl (C=O) groups excluding carboxylic acids is 2. The monoisotopic (exact) mass is 341 g/mol. The molecule has 0 radical (unpaired) electrons. The molecule has 0 spiro atoms. The van der Waals surface area contributed by atoms with E-state index in [2.05, 4.69) is 10.6 Å². The molecule has 0 saturated heterocycles. The van der Waals surface area contributed by atoms with Crippen LogP contribution in [-0.4, -0.2) is 22.8 Å². The second kappa shape index (κ2) is 8.05. The third-order valence-electron chi connectivity index (χ3n) is 3.72. The number of hydrogen-bond donors (Lipinski definition) is 2. The van der Waals surface area contributed by atoms with Crippen molar-refractivity contribution in [2.24, 2.45) is 0 Å². The second-order valence-electron chi connectivity index (χ2n) is 5.50. The van der Waals surface area contributed by atoms with Gasteiger partial charge < -0.3 is 10.6 Å². The molecule has 0 bridgehead atoms. The highest BCUT2D eigenvalue weighted by Crippen LogP contribution is 2.16. The molecule has 0 fully saturated rings. The van der Waals surface area contributed by atoms with E-state index < -0.39 is 16.9 Å². The number of anilines is 1. The topological polar surface area (TPSA) is 101 Å². The summed E-state index contributed by atoms with van der Waals surface area (Å²) in [7, 11) is 0. The molecule has 0 unspecified atom stereocenters. The van der Waals surface area contributed by atoms with Gasteiger partial charge in [-0.3, -0.25) is 19.7 Å². The first-order chi connectivity index (χ1) is 11.9. The van der Waals surface area contributed by atoms with Crippen molar-refractivity contribution in [2.45, 2.75) is 26.3 Å². The Morgan fingerprint density at radius 2 is 1.88 bits per heavy atom. The second-order valence-corrected chi connectivity index (χ2v) is 5.50. The number of nitrogens with one attached hydrogen (secondary N) is 2. The fourth-order valence-corrected chi connectivity index (χ4v) is 2.30. The van der Waals surface area contributed by atoms with Crippen LogP contribution in [0.25, 0.3) is 0 Å². The Kier molecular flexibility index (Phi) is 5.84. The van der Waals surface area contributed by atoms with E-state index in [-0.39, 0.29) is 17.2 Å². The van der Waals surface area contributed by atoms with Crippen molar-refractivity contribution in [3.8, 4) is 0 Å². The van der Waals surface area contributed by atoms with Crippen LogP contribution in [0.3, 0.4) is 0 Å². The molecule has 2 amide bonds. The molecule has 0 saturated carbocycles. The minimum atomic E-state index is -0.795. The first kappa shape index (κ1) is 18.1. The van der Waals surface area contributed by atoms with Crippen molar-refractivity contribution < 1.29 is 14.5 Å². The number of aryl methyl sites for hydroxylation is 1. The maximum atomic E-state index is 12.3. The Hall–Kier alpha value is -3.22. The van der Waals surface area contributed by atoms with E-state index in [9.17, 15) is 19.7 Å². The molecule has 7 heteroatoms. The predicted molar refractivity (Wildman–Crippen MR) is 94.5 cm³/mol. The molecule has 0 aliphatic heterocycles. The van der Waals surface area contributed by atoms with E-state index in [0.29, 0.717) is 5.69 Å². The predicted octanol–water partition coefficient (Wildman–Crippen LogP) is 2.91. The van der Waals surface area contributed by atoms with Gasteiger partial charge >= 0.3 is 0 Å². The van der Waals surface area contributed by atoms with Gasteiger partial charge in [-0.25, -0.2) is 0 Å². The largest absolute Gasteiger partial charge is 0.341 e. The molecule has 2 aromatic rings. The number of non-ortho nitro benzene ring substituents is 1. The smallest absolute Gasteiger partial charge is 0.270 e. The fourth-order valence-electron chi connectivity index (χ4n) is 2.30. The Labute approximate surface area is 145 Å². The van der Waals surface area contributed by atoms with Gasteiger partial charge in [0.25, 0.3) is 11.6 Å². The van der Waals surface area contributed by atoms with Crippen LogP contribution in [0.1, 0.15) is 29.8 Å². The lowest BCUT2D eigenvalue weighted by Crippen LogP contribution is -2.41.